The van der Waals surface area contributed by atoms with Crippen molar-refractivity contribution in [1.82, 2.24) is 0 Å². The predicted octanol–water partition coefficient (Wildman–Crippen LogP) is 4.73. The van der Waals surface area contributed by atoms with Crippen LogP contribution in [0.1, 0.15) is 35.7 Å². The summed E-state index contributed by atoms with van der Waals surface area (Å²) in [5.74, 6) is 0.330. The standard InChI is InChI=1S/C19H20O2/c1-2-3-14-21-18(15-16-10-6-4-7-11-16)19(20)17-12-8-5-9-13-17/h4-13,15H,2-3,14H2,1H3. The van der Waals surface area contributed by atoms with Crippen molar-refractivity contribution in [2.45, 2.75) is 19.8 Å². The molecule has 0 aliphatic heterocycles. The highest BCUT2D eigenvalue weighted by Crippen LogP contribution is 2.14. The second-order valence-electron chi connectivity index (χ2n) is 4.82. The highest BCUT2D eigenvalue weighted by Gasteiger charge is 2.13. The lowest BCUT2D eigenvalue weighted by atomic mass is 10.1. The molecule has 0 aliphatic rings. The lowest BCUT2D eigenvalue weighted by Gasteiger charge is -2.09. The minimum Gasteiger partial charge on any atom is -0.489 e. The number of carbonyl (C=O) groups is 1. The molecule has 2 rings (SSSR count). The highest BCUT2D eigenvalue weighted by molar-refractivity contribution is 6.09. The number of hydrogen-bond donors (Lipinski definition) is 0. The zero-order chi connectivity index (χ0) is 14.9. The molecule has 0 N–H and O–H groups in total. The van der Waals surface area contributed by atoms with Crippen LogP contribution in [0.25, 0.3) is 6.08 Å². The average Bonchev–Trinajstić information content (AvgIpc) is 2.55. The Balaban J connectivity index is 2.23. The fourth-order valence-electron chi connectivity index (χ4n) is 1.93. The maximum atomic E-state index is 12.6. The van der Waals surface area contributed by atoms with Crippen molar-refractivity contribution in [3.63, 3.8) is 0 Å². The van der Waals surface area contributed by atoms with Gasteiger partial charge in [0.25, 0.3) is 0 Å². The van der Waals surface area contributed by atoms with Crippen molar-refractivity contribution in [3.8, 4) is 0 Å². The maximum absolute atomic E-state index is 12.6. The molecule has 0 amide bonds. The third-order valence-electron chi connectivity index (χ3n) is 3.11. The van der Waals surface area contributed by atoms with Gasteiger partial charge in [-0.25, -0.2) is 0 Å². The summed E-state index contributed by atoms with van der Waals surface area (Å²) >= 11 is 0. The molecular weight excluding hydrogens is 260 g/mol. The third kappa shape index (κ3) is 4.60. The molecule has 0 bridgehead atoms. The van der Waals surface area contributed by atoms with Crippen LogP contribution in [0.3, 0.4) is 0 Å². The summed E-state index contributed by atoms with van der Waals surface area (Å²) in [6.45, 7) is 2.66. The van der Waals surface area contributed by atoms with Gasteiger partial charge in [-0.2, -0.15) is 0 Å². The van der Waals surface area contributed by atoms with Crippen molar-refractivity contribution in [2.24, 2.45) is 0 Å². The Morgan fingerprint density at radius 1 is 1.00 bits per heavy atom. The first-order chi connectivity index (χ1) is 10.3. The molecule has 0 spiro atoms. The van der Waals surface area contributed by atoms with Crippen LogP contribution in [0.2, 0.25) is 0 Å². The molecule has 0 saturated heterocycles. The quantitative estimate of drug-likeness (QED) is 0.317. The number of Topliss-reactive ketones (excluding diaryl/α,β-unsaturated/α-hetero) is 1. The molecule has 0 radical (unpaired) electrons. The van der Waals surface area contributed by atoms with Gasteiger partial charge < -0.3 is 4.74 Å². The second kappa shape index (κ2) is 8.05. The zero-order valence-electron chi connectivity index (χ0n) is 12.3. The Bertz CT molecular complexity index is 585. The Hall–Kier alpha value is -2.35. The van der Waals surface area contributed by atoms with E-state index in [1.54, 1.807) is 0 Å². The minimum absolute atomic E-state index is 0.0736. The van der Waals surface area contributed by atoms with Gasteiger partial charge in [0.05, 0.1) is 6.61 Å². The van der Waals surface area contributed by atoms with Gasteiger partial charge in [-0.05, 0) is 18.1 Å². The molecule has 2 aromatic rings. The first-order valence-corrected chi connectivity index (χ1v) is 7.30. The summed E-state index contributed by atoms with van der Waals surface area (Å²) in [6, 6.07) is 19.0. The van der Waals surface area contributed by atoms with Crippen LogP contribution < -0.4 is 0 Å². The smallest absolute Gasteiger partial charge is 0.227 e. The molecular formula is C19H20O2. The van der Waals surface area contributed by atoms with E-state index < -0.39 is 0 Å². The molecule has 21 heavy (non-hydrogen) atoms. The van der Waals surface area contributed by atoms with Crippen LogP contribution in [-0.2, 0) is 4.74 Å². The molecule has 2 nitrogen and oxygen atoms in total. The highest BCUT2D eigenvalue weighted by atomic mass is 16.5. The van der Waals surface area contributed by atoms with Crippen LogP contribution in [0, 0.1) is 0 Å². The molecule has 0 heterocycles. The monoisotopic (exact) mass is 280 g/mol. The SMILES string of the molecule is CCCCOC(=Cc1ccccc1)C(=O)c1ccccc1. The van der Waals surface area contributed by atoms with Gasteiger partial charge in [0.15, 0.2) is 5.76 Å². The summed E-state index contributed by atoms with van der Waals surface area (Å²) in [5, 5.41) is 0. The lowest BCUT2D eigenvalue weighted by molar-refractivity contribution is 0.0920. The van der Waals surface area contributed by atoms with E-state index in [9.17, 15) is 4.79 Å². The first kappa shape index (κ1) is 15.0. The number of unbranched alkanes of at least 4 members (excludes halogenated alkanes) is 1. The summed E-state index contributed by atoms with van der Waals surface area (Å²) in [7, 11) is 0. The predicted molar refractivity (Wildman–Crippen MR) is 86.1 cm³/mol. The van der Waals surface area contributed by atoms with E-state index in [4.69, 9.17) is 4.74 Å². The summed E-state index contributed by atoms with van der Waals surface area (Å²) in [5.41, 5.74) is 1.62. The molecule has 0 fully saturated rings. The zero-order valence-corrected chi connectivity index (χ0v) is 12.3. The van der Waals surface area contributed by atoms with Gasteiger partial charge in [0.1, 0.15) is 0 Å². The largest absolute Gasteiger partial charge is 0.489 e. The number of carbonyl (C=O) groups excluding carboxylic acids is 1. The molecule has 0 aliphatic carbocycles. The van der Waals surface area contributed by atoms with Crippen LogP contribution >= 0.6 is 0 Å². The van der Waals surface area contributed by atoms with Crippen LogP contribution in [0.5, 0.6) is 0 Å². The maximum Gasteiger partial charge on any atom is 0.227 e. The summed E-state index contributed by atoms with van der Waals surface area (Å²) in [4.78, 5) is 12.6. The average molecular weight is 280 g/mol. The molecule has 2 heteroatoms. The van der Waals surface area contributed by atoms with Gasteiger partial charge in [-0.3, -0.25) is 4.79 Å². The van der Waals surface area contributed by atoms with Crippen LogP contribution in [0.4, 0.5) is 0 Å². The van der Waals surface area contributed by atoms with E-state index in [1.807, 2.05) is 66.7 Å². The number of hydrogen-bond acceptors (Lipinski definition) is 2. The molecule has 0 saturated carbocycles. The number of benzene rings is 2. The number of ketones is 1. The molecule has 108 valence electrons. The van der Waals surface area contributed by atoms with E-state index in [0.717, 1.165) is 18.4 Å². The molecule has 2 aromatic carbocycles. The normalized spacial score (nSPS) is 11.2. The fourth-order valence-corrected chi connectivity index (χ4v) is 1.93. The van der Waals surface area contributed by atoms with Crippen molar-refractivity contribution in [3.05, 3.63) is 77.5 Å². The minimum atomic E-state index is -0.0736. The van der Waals surface area contributed by atoms with Crippen molar-refractivity contribution in [2.75, 3.05) is 6.61 Å². The number of rotatable bonds is 7. The summed E-state index contributed by atoms with van der Waals surface area (Å²) in [6.07, 6.45) is 3.79. The van der Waals surface area contributed by atoms with E-state index in [2.05, 4.69) is 6.92 Å². The van der Waals surface area contributed by atoms with E-state index in [-0.39, 0.29) is 5.78 Å². The summed E-state index contributed by atoms with van der Waals surface area (Å²) < 4.78 is 5.71. The van der Waals surface area contributed by atoms with Crippen molar-refractivity contribution < 1.29 is 9.53 Å². The Morgan fingerprint density at radius 3 is 2.24 bits per heavy atom. The van der Waals surface area contributed by atoms with Gasteiger partial charge in [0, 0.05) is 5.56 Å². The third-order valence-corrected chi connectivity index (χ3v) is 3.11. The van der Waals surface area contributed by atoms with Crippen molar-refractivity contribution >= 4 is 11.9 Å². The Morgan fingerprint density at radius 2 is 1.62 bits per heavy atom. The second-order valence-corrected chi connectivity index (χ2v) is 4.82. The van der Waals surface area contributed by atoms with E-state index in [0.29, 0.717) is 17.9 Å². The topological polar surface area (TPSA) is 26.3 Å². The van der Waals surface area contributed by atoms with Crippen LogP contribution in [-0.4, -0.2) is 12.4 Å². The van der Waals surface area contributed by atoms with Gasteiger partial charge >= 0.3 is 0 Å². The number of allylic oxidation sites excluding steroid dienone is 1. The molecule has 0 atom stereocenters. The molecule has 0 unspecified atom stereocenters. The Labute approximate surface area is 126 Å². The van der Waals surface area contributed by atoms with E-state index >= 15 is 0 Å². The van der Waals surface area contributed by atoms with Gasteiger partial charge in [0.2, 0.25) is 5.78 Å². The molecule has 0 aromatic heterocycles. The van der Waals surface area contributed by atoms with Crippen LogP contribution in [0.15, 0.2) is 66.4 Å². The van der Waals surface area contributed by atoms with Crippen molar-refractivity contribution in [1.29, 1.82) is 0 Å². The fraction of sp³-hybridized carbons (Fsp3) is 0.211. The van der Waals surface area contributed by atoms with Gasteiger partial charge in [-0.15, -0.1) is 0 Å². The lowest BCUT2D eigenvalue weighted by Crippen LogP contribution is -2.08. The Kier molecular flexibility index (Phi) is 5.77. The number of ether oxygens (including phenoxy) is 1. The van der Waals surface area contributed by atoms with Gasteiger partial charge in [-0.1, -0.05) is 74.0 Å². The van der Waals surface area contributed by atoms with E-state index in [1.165, 1.54) is 0 Å². The first-order valence-electron chi connectivity index (χ1n) is 7.30.